The first-order valence-corrected chi connectivity index (χ1v) is 6.71. The van der Waals surface area contributed by atoms with Crippen LogP contribution in [0, 0.1) is 0 Å². The number of nitrogen functional groups attached to an aromatic ring is 1. The summed E-state index contributed by atoms with van der Waals surface area (Å²) >= 11 is 0. The van der Waals surface area contributed by atoms with Crippen molar-refractivity contribution in [1.29, 1.82) is 0 Å². The molecule has 0 radical (unpaired) electrons. The van der Waals surface area contributed by atoms with Gasteiger partial charge in [-0.15, -0.1) is 0 Å². The van der Waals surface area contributed by atoms with Crippen LogP contribution in [0.15, 0.2) is 12.1 Å². The number of carbonyl (C=O) groups is 2. The molecule has 20 heavy (non-hydrogen) atoms. The molecule has 6 nitrogen and oxygen atoms in total. The Kier molecular flexibility index (Phi) is 4.12. The Morgan fingerprint density at radius 1 is 1.45 bits per heavy atom. The maximum Gasteiger partial charge on any atom is 0.239 e. The molecular formula is C14H20N4O2. The van der Waals surface area contributed by atoms with Gasteiger partial charge in [-0.25, -0.2) is 0 Å². The van der Waals surface area contributed by atoms with Crippen LogP contribution in [0.4, 0.5) is 17.1 Å². The number of carbonyl (C=O) groups excluding carboxylic acids is 2. The number of rotatable bonds is 4. The highest BCUT2D eigenvalue weighted by Crippen LogP contribution is 2.32. The zero-order chi connectivity index (χ0) is 14.7. The van der Waals surface area contributed by atoms with Gasteiger partial charge in [0.2, 0.25) is 11.8 Å². The molecule has 1 aliphatic rings. The van der Waals surface area contributed by atoms with E-state index >= 15 is 0 Å². The molecule has 6 heteroatoms. The Hall–Kier alpha value is -2.24. The second kappa shape index (κ2) is 5.81. The van der Waals surface area contributed by atoms with E-state index in [1.807, 2.05) is 19.1 Å². The van der Waals surface area contributed by atoms with E-state index in [0.29, 0.717) is 25.1 Å². The number of benzene rings is 1. The molecule has 0 spiro atoms. The van der Waals surface area contributed by atoms with Crippen LogP contribution in [-0.4, -0.2) is 32.0 Å². The van der Waals surface area contributed by atoms with Gasteiger partial charge < -0.3 is 21.3 Å². The summed E-state index contributed by atoms with van der Waals surface area (Å²) in [6.45, 7) is 2.70. The summed E-state index contributed by atoms with van der Waals surface area (Å²) < 4.78 is 0. The highest BCUT2D eigenvalue weighted by molar-refractivity contribution is 5.96. The van der Waals surface area contributed by atoms with Crippen molar-refractivity contribution in [3.8, 4) is 0 Å². The number of hydrogen-bond acceptors (Lipinski definition) is 4. The standard InChI is InChI=1S/C14H20N4O2/c1-3-16-14(20)8-18(2)12-7-11-9(6-10(12)15)4-5-13(19)17-11/h6-7H,3-5,8,15H2,1-2H3,(H,16,20)(H,17,19). The molecule has 4 N–H and O–H groups in total. The largest absolute Gasteiger partial charge is 0.397 e. The maximum absolute atomic E-state index is 11.6. The van der Waals surface area contributed by atoms with Gasteiger partial charge in [-0.3, -0.25) is 9.59 Å². The van der Waals surface area contributed by atoms with E-state index in [1.54, 1.807) is 11.9 Å². The summed E-state index contributed by atoms with van der Waals surface area (Å²) in [6, 6.07) is 3.71. The lowest BCUT2D eigenvalue weighted by Crippen LogP contribution is -2.35. The Bertz CT molecular complexity index is 542. The number of nitrogens with one attached hydrogen (secondary N) is 2. The van der Waals surface area contributed by atoms with Gasteiger partial charge in [0.25, 0.3) is 0 Å². The quantitative estimate of drug-likeness (QED) is 0.707. The number of nitrogens with zero attached hydrogens (tertiary/aromatic N) is 1. The van der Waals surface area contributed by atoms with Crippen molar-refractivity contribution in [2.24, 2.45) is 0 Å². The van der Waals surface area contributed by atoms with E-state index in [0.717, 1.165) is 16.9 Å². The Morgan fingerprint density at radius 2 is 2.20 bits per heavy atom. The Morgan fingerprint density at radius 3 is 2.90 bits per heavy atom. The minimum absolute atomic E-state index is 0.0135. The molecule has 108 valence electrons. The fourth-order valence-corrected chi connectivity index (χ4v) is 2.32. The lowest BCUT2D eigenvalue weighted by Gasteiger charge is -2.24. The topological polar surface area (TPSA) is 87.5 Å². The molecular weight excluding hydrogens is 256 g/mol. The van der Waals surface area contributed by atoms with E-state index in [9.17, 15) is 9.59 Å². The average molecular weight is 276 g/mol. The van der Waals surface area contributed by atoms with Crippen LogP contribution < -0.4 is 21.3 Å². The summed E-state index contributed by atoms with van der Waals surface area (Å²) in [4.78, 5) is 24.8. The molecule has 1 aromatic carbocycles. The average Bonchev–Trinajstić information content (AvgIpc) is 2.38. The first kappa shape index (κ1) is 14.2. The molecule has 1 heterocycles. The second-order valence-corrected chi connectivity index (χ2v) is 4.93. The van der Waals surface area contributed by atoms with E-state index < -0.39 is 0 Å². The zero-order valence-electron chi connectivity index (χ0n) is 11.8. The molecule has 0 fully saturated rings. The number of nitrogens with two attached hydrogens (primary N) is 1. The van der Waals surface area contributed by atoms with E-state index in [2.05, 4.69) is 10.6 Å². The van der Waals surface area contributed by atoms with Crippen molar-refractivity contribution in [3.05, 3.63) is 17.7 Å². The highest BCUT2D eigenvalue weighted by Gasteiger charge is 2.18. The molecule has 0 aliphatic carbocycles. The van der Waals surface area contributed by atoms with Crippen molar-refractivity contribution in [3.63, 3.8) is 0 Å². The lowest BCUT2D eigenvalue weighted by atomic mass is 10.0. The van der Waals surface area contributed by atoms with Crippen LogP contribution in [-0.2, 0) is 16.0 Å². The molecule has 0 bridgehead atoms. The van der Waals surface area contributed by atoms with Gasteiger partial charge in [-0.05, 0) is 31.0 Å². The fraction of sp³-hybridized carbons (Fsp3) is 0.429. The molecule has 2 amide bonds. The van der Waals surface area contributed by atoms with Gasteiger partial charge in [0.1, 0.15) is 0 Å². The predicted molar refractivity (Wildman–Crippen MR) is 79.8 cm³/mol. The normalized spacial score (nSPS) is 13.4. The zero-order valence-corrected chi connectivity index (χ0v) is 11.8. The second-order valence-electron chi connectivity index (χ2n) is 4.93. The summed E-state index contributed by atoms with van der Waals surface area (Å²) in [7, 11) is 1.80. The lowest BCUT2D eigenvalue weighted by molar-refractivity contribution is -0.119. The Labute approximate surface area is 118 Å². The summed E-state index contributed by atoms with van der Waals surface area (Å²) in [6.07, 6.45) is 1.19. The number of aryl methyl sites for hydroxylation is 1. The van der Waals surface area contributed by atoms with Crippen molar-refractivity contribution in [2.45, 2.75) is 19.8 Å². The molecule has 1 aromatic rings. The fourth-order valence-electron chi connectivity index (χ4n) is 2.32. The predicted octanol–water partition coefficient (Wildman–Crippen LogP) is 0.726. The van der Waals surface area contributed by atoms with Crippen LogP contribution in [0.2, 0.25) is 0 Å². The van der Waals surface area contributed by atoms with Crippen LogP contribution in [0.5, 0.6) is 0 Å². The summed E-state index contributed by atoms with van der Waals surface area (Å²) in [5.41, 5.74) is 9.23. The minimum atomic E-state index is -0.0591. The smallest absolute Gasteiger partial charge is 0.239 e. The monoisotopic (exact) mass is 276 g/mol. The molecule has 0 unspecified atom stereocenters. The van der Waals surface area contributed by atoms with Gasteiger partial charge in [0.15, 0.2) is 0 Å². The van der Waals surface area contributed by atoms with Crippen molar-refractivity contribution in [2.75, 3.05) is 36.1 Å². The van der Waals surface area contributed by atoms with E-state index in [4.69, 9.17) is 5.73 Å². The molecule has 0 saturated carbocycles. The van der Waals surface area contributed by atoms with Crippen LogP contribution in [0.25, 0.3) is 0 Å². The third-order valence-electron chi connectivity index (χ3n) is 3.31. The van der Waals surface area contributed by atoms with Gasteiger partial charge in [-0.2, -0.15) is 0 Å². The van der Waals surface area contributed by atoms with E-state index in [-0.39, 0.29) is 18.4 Å². The number of hydrogen-bond donors (Lipinski definition) is 3. The molecule has 0 atom stereocenters. The minimum Gasteiger partial charge on any atom is -0.397 e. The van der Waals surface area contributed by atoms with Crippen molar-refractivity contribution in [1.82, 2.24) is 5.32 Å². The van der Waals surface area contributed by atoms with Gasteiger partial charge in [0.05, 0.1) is 17.9 Å². The van der Waals surface area contributed by atoms with Gasteiger partial charge >= 0.3 is 0 Å². The third-order valence-corrected chi connectivity index (χ3v) is 3.31. The van der Waals surface area contributed by atoms with Crippen LogP contribution >= 0.6 is 0 Å². The number of anilines is 3. The first-order valence-electron chi connectivity index (χ1n) is 6.71. The van der Waals surface area contributed by atoms with Crippen molar-refractivity contribution >= 4 is 28.9 Å². The first-order chi connectivity index (χ1) is 9.51. The molecule has 0 saturated heterocycles. The van der Waals surface area contributed by atoms with Crippen LogP contribution in [0.3, 0.4) is 0 Å². The number of amides is 2. The third kappa shape index (κ3) is 3.01. The SMILES string of the molecule is CCNC(=O)CN(C)c1cc2c(cc1N)CCC(=O)N2. The van der Waals surface area contributed by atoms with Crippen molar-refractivity contribution < 1.29 is 9.59 Å². The van der Waals surface area contributed by atoms with Gasteiger partial charge in [-0.1, -0.05) is 0 Å². The Balaban J connectivity index is 2.21. The molecule has 2 rings (SSSR count). The maximum atomic E-state index is 11.6. The highest BCUT2D eigenvalue weighted by atomic mass is 16.2. The van der Waals surface area contributed by atoms with Crippen LogP contribution in [0.1, 0.15) is 18.9 Å². The summed E-state index contributed by atoms with van der Waals surface area (Å²) in [5.74, 6) is -0.0456. The number of likely N-dealkylation sites (N-methyl/N-ethyl adjacent to an activating group) is 2. The van der Waals surface area contributed by atoms with Gasteiger partial charge in [0, 0.05) is 25.7 Å². The molecule has 0 aromatic heterocycles. The molecule has 1 aliphatic heterocycles. The van der Waals surface area contributed by atoms with E-state index in [1.165, 1.54) is 0 Å². The number of fused-ring (bicyclic) bond motifs is 1. The summed E-state index contributed by atoms with van der Waals surface area (Å²) in [5, 5.41) is 5.58.